The first-order valence-electron chi connectivity index (χ1n) is 11.5. The summed E-state index contributed by atoms with van der Waals surface area (Å²) in [5.41, 5.74) is 4.73. The van der Waals surface area contributed by atoms with Crippen LogP contribution < -0.4 is 21.4 Å². The van der Waals surface area contributed by atoms with Crippen molar-refractivity contribution in [3.8, 4) is 0 Å². The van der Waals surface area contributed by atoms with Gasteiger partial charge in [0.15, 0.2) is 0 Å². The maximum absolute atomic E-state index is 12.9. The van der Waals surface area contributed by atoms with E-state index >= 15 is 0 Å². The van der Waals surface area contributed by atoms with Crippen molar-refractivity contribution >= 4 is 35.8 Å². The first-order valence-corrected chi connectivity index (χ1v) is 11.5. The van der Waals surface area contributed by atoms with Gasteiger partial charge in [-0.2, -0.15) is 5.10 Å². The number of urea groups is 1. The van der Waals surface area contributed by atoms with Crippen molar-refractivity contribution in [3.63, 3.8) is 0 Å². The molecular formula is C25H29FN5O6. The number of unbranched alkanes of at least 4 members (excludes halogenated alkanes) is 2. The highest BCUT2D eigenvalue weighted by Crippen LogP contribution is 2.10. The number of anilines is 1. The van der Waals surface area contributed by atoms with Gasteiger partial charge >= 0.3 is 18.0 Å². The number of hydrogen-bond acceptors (Lipinski definition) is 6. The molecule has 1 unspecified atom stereocenters. The molecule has 0 saturated carbocycles. The summed E-state index contributed by atoms with van der Waals surface area (Å²) in [6, 6.07) is 10.6. The Balaban J connectivity index is 1.59. The molecule has 37 heavy (non-hydrogen) atoms. The molecule has 0 aliphatic heterocycles. The molecule has 0 aliphatic carbocycles. The molecule has 1 atom stereocenters. The van der Waals surface area contributed by atoms with E-state index in [4.69, 9.17) is 10.2 Å². The summed E-state index contributed by atoms with van der Waals surface area (Å²) in [6.45, 7) is 1.90. The highest BCUT2D eigenvalue weighted by Gasteiger charge is 2.20. The molecule has 0 spiro atoms. The van der Waals surface area contributed by atoms with Crippen molar-refractivity contribution in [1.29, 1.82) is 0 Å². The van der Waals surface area contributed by atoms with Crippen LogP contribution in [0, 0.1) is 12.4 Å². The lowest BCUT2D eigenvalue weighted by molar-refractivity contribution is -0.140. The maximum Gasteiger partial charge on any atom is 0.326 e. The van der Waals surface area contributed by atoms with E-state index in [1.165, 1.54) is 18.7 Å². The number of carboxylic acid groups (broad SMARTS) is 2. The highest BCUT2D eigenvalue weighted by molar-refractivity contribution is 5.94. The van der Waals surface area contributed by atoms with Gasteiger partial charge in [-0.3, -0.25) is 15.0 Å². The number of rotatable bonds is 15. The molecule has 0 saturated heterocycles. The van der Waals surface area contributed by atoms with Crippen LogP contribution in [0.2, 0.25) is 0 Å². The number of carbonyl (C=O) groups is 4. The fraction of sp³-hybridized carbons (Fsp3) is 0.280. The molecule has 2 rings (SSSR count). The van der Waals surface area contributed by atoms with E-state index in [0.717, 1.165) is 5.56 Å². The number of hydrazone groups is 1. The van der Waals surface area contributed by atoms with Crippen LogP contribution in [0.15, 0.2) is 53.6 Å². The van der Waals surface area contributed by atoms with Crippen molar-refractivity contribution < 1.29 is 33.8 Å². The maximum atomic E-state index is 12.9. The first-order chi connectivity index (χ1) is 17.7. The zero-order chi connectivity index (χ0) is 27.0. The molecule has 12 heteroatoms. The molecule has 0 heterocycles. The summed E-state index contributed by atoms with van der Waals surface area (Å²) < 4.78 is 12.9. The summed E-state index contributed by atoms with van der Waals surface area (Å²) in [7, 11) is 0. The van der Waals surface area contributed by atoms with Gasteiger partial charge in [0.05, 0.1) is 18.4 Å². The second kappa shape index (κ2) is 15.5. The number of nitrogens with one attached hydrogen (secondary N) is 4. The van der Waals surface area contributed by atoms with E-state index in [0.29, 0.717) is 37.1 Å². The van der Waals surface area contributed by atoms with Gasteiger partial charge in [-0.15, -0.1) is 0 Å². The summed E-state index contributed by atoms with van der Waals surface area (Å²) in [5.74, 6) is -3.01. The van der Waals surface area contributed by atoms with Gasteiger partial charge in [-0.25, -0.2) is 14.0 Å². The molecule has 3 amide bonds. The van der Waals surface area contributed by atoms with Crippen LogP contribution in [0.5, 0.6) is 0 Å². The Kier molecular flexibility index (Phi) is 12.0. The topological polar surface area (TPSA) is 169 Å². The minimum atomic E-state index is -1.31. The van der Waals surface area contributed by atoms with Crippen molar-refractivity contribution in [2.45, 2.75) is 38.1 Å². The van der Waals surface area contributed by atoms with E-state index in [1.807, 2.05) is 0 Å². The smallest absolute Gasteiger partial charge is 0.326 e. The van der Waals surface area contributed by atoms with Crippen LogP contribution in [0.4, 0.5) is 14.9 Å². The number of halogens is 1. The molecule has 2 aromatic carbocycles. The summed E-state index contributed by atoms with van der Waals surface area (Å²) in [4.78, 5) is 45.6. The van der Waals surface area contributed by atoms with Crippen LogP contribution in [-0.4, -0.2) is 52.9 Å². The Morgan fingerprint density at radius 3 is 2.32 bits per heavy atom. The van der Waals surface area contributed by atoms with Crippen molar-refractivity contribution in [3.05, 3.63) is 72.0 Å². The minimum Gasteiger partial charge on any atom is -0.481 e. The Morgan fingerprint density at radius 1 is 0.973 bits per heavy atom. The van der Waals surface area contributed by atoms with Gasteiger partial charge in [-0.05, 0) is 67.6 Å². The number of hydrogen-bond donors (Lipinski definition) is 6. The van der Waals surface area contributed by atoms with Crippen molar-refractivity contribution in [1.82, 2.24) is 16.0 Å². The summed E-state index contributed by atoms with van der Waals surface area (Å²) >= 11 is 0. The minimum absolute atomic E-state index is 0.220. The molecule has 0 fully saturated rings. The average Bonchev–Trinajstić information content (AvgIpc) is 2.87. The van der Waals surface area contributed by atoms with Gasteiger partial charge in [-0.1, -0.05) is 12.1 Å². The van der Waals surface area contributed by atoms with Gasteiger partial charge < -0.3 is 26.2 Å². The number of aliphatic carboxylic acids is 2. The average molecular weight is 515 g/mol. The number of amides is 3. The van der Waals surface area contributed by atoms with E-state index < -0.39 is 24.0 Å². The predicted molar refractivity (Wildman–Crippen MR) is 135 cm³/mol. The van der Waals surface area contributed by atoms with E-state index in [9.17, 15) is 23.6 Å². The van der Waals surface area contributed by atoms with Crippen molar-refractivity contribution in [2.75, 3.05) is 12.0 Å². The quantitative estimate of drug-likeness (QED) is 0.121. The van der Waals surface area contributed by atoms with Crippen LogP contribution >= 0.6 is 0 Å². The highest BCUT2D eigenvalue weighted by atomic mass is 19.1. The van der Waals surface area contributed by atoms with E-state index in [-0.39, 0.29) is 24.6 Å². The molecule has 0 aromatic heterocycles. The molecular weight excluding hydrogens is 485 g/mol. The second-order valence-corrected chi connectivity index (χ2v) is 7.90. The monoisotopic (exact) mass is 514 g/mol. The lowest BCUT2D eigenvalue weighted by Gasteiger charge is -2.14. The molecule has 11 nitrogen and oxygen atoms in total. The molecule has 6 N–H and O–H groups in total. The SMILES string of the molecule is O=C(O)CCC(NC(=O)N[CH]CCCCNC(=O)c1ccc(N/N=C\c2ccc(F)cc2)cc1)C(=O)O. The number of nitrogens with zero attached hydrogens (tertiary/aromatic N) is 1. The van der Waals surface area contributed by atoms with Gasteiger partial charge in [0.25, 0.3) is 5.91 Å². The van der Waals surface area contributed by atoms with Crippen molar-refractivity contribution in [2.24, 2.45) is 5.10 Å². The second-order valence-electron chi connectivity index (χ2n) is 7.90. The predicted octanol–water partition coefficient (Wildman–Crippen LogP) is 2.95. The van der Waals surface area contributed by atoms with E-state index in [2.05, 4.69) is 26.5 Å². The Bertz CT molecular complexity index is 1080. The van der Waals surface area contributed by atoms with Gasteiger partial charge in [0.2, 0.25) is 0 Å². The lowest BCUT2D eigenvalue weighted by atomic mass is 10.1. The summed E-state index contributed by atoms with van der Waals surface area (Å²) in [6.07, 6.45) is 2.77. The zero-order valence-electron chi connectivity index (χ0n) is 19.9. The third-order valence-corrected chi connectivity index (χ3v) is 4.97. The number of carboxylic acids is 2. The third kappa shape index (κ3) is 11.7. The van der Waals surface area contributed by atoms with Crippen LogP contribution in [-0.2, 0) is 9.59 Å². The lowest BCUT2D eigenvalue weighted by Crippen LogP contribution is -2.45. The fourth-order valence-electron chi connectivity index (χ4n) is 2.99. The normalized spacial score (nSPS) is 11.5. The molecule has 1 radical (unpaired) electrons. The fourth-order valence-corrected chi connectivity index (χ4v) is 2.99. The Morgan fingerprint density at radius 2 is 1.68 bits per heavy atom. The first kappa shape index (κ1) is 28.8. The molecule has 0 aliphatic rings. The molecule has 197 valence electrons. The number of benzene rings is 2. The zero-order valence-corrected chi connectivity index (χ0v) is 19.9. The number of carbonyl (C=O) groups excluding carboxylic acids is 2. The van der Waals surface area contributed by atoms with Crippen LogP contribution in [0.1, 0.15) is 48.0 Å². The van der Waals surface area contributed by atoms with Crippen LogP contribution in [0.3, 0.4) is 0 Å². The van der Waals surface area contributed by atoms with Crippen LogP contribution in [0.25, 0.3) is 0 Å². The Hall–Kier alpha value is -4.48. The molecule has 0 bridgehead atoms. The summed E-state index contributed by atoms with van der Waals surface area (Å²) in [5, 5.41) is 29.1. The van der Waals surface area contributed by atoms with Gasteiger partial charge in [0, 0.05) is 18.5 Å². The third-order valence-electron chi connectivity index (χ3n) is 4.97. The molecule has 2 aromatic rings. The largest absolute Gasteiger partial charge is 0.481 e. The van der Waals surface area contributed by atoms with Gasteiger partial charge in [0.1, 0.15) is 11.9 Å². The Labute approximate surface area is 213 Å². The standard InChI is InChI=1S/C25H29FN5O6/c26-19-8-4-17(5-9-19)16-29-31-20-10-6-18(7-11-20)23(34)27-14-2-1-3-15-28-25(37)30-21(24(35)36)12-13-22(32)33/h4-11,15-16,21,31H,1-3,12-14H2,(H,27,34)(H,32,33)(H,35,36)(H2,28,30,37)/b29-16-. The van der Waals surface area contributed by atoms with E-state index in [1.54, 1.807) is 42.6 Å².